The standard InChI is InChI=1S/C18H17NO4S/c1-3-22-17(20)11-23-14-9-8-12(10-15(14)21-2)18-19-13-6-4-5-7-16(13)24-18/h4-10H,3,11H2,1-2H3. The molecule has 0 amide bonds. The van der Waals surface area contributed by atoms with Gasteiger partial charge in [0.15, 0.2) is 18.1 Å². The average Bonchev–Trinajstić information content (AvgIpc) is 3.04. The number of hydrogen-bond acceptors (Lipinski definition) is 6. The summed E-state index contributed by atoms with van der Waals surface area (Å²) in [6.07, 6.45) is 0. The van der Waals surface area contributed by atoms with Crippen molar-refractivity contribution in [2.24, 2.45) is 0 Å². The molecular formula is C18H17NO4S. The lowest BCUT2D eigenvalue weighted by atomic mass is 10.2. The van der Waals surface area contributed by atoms with Crippen molar-refractivity contribution >= 4 is 27.5 Å². The first kappa shape index (κ1) is 16.3. The van der Waals surface area contributed by atoms with Gasteiger partial charge in [0.1, 0.15) is 5.01 Å². The van der Waals surface area contributed by atoms with Gasteiger partial charge in [0.2, 0.25) is 0 Å². The van der Waals surface area contributed by atoms with Gasteiger partial charge in [-0.15, -0.1) is 11.3 Å². The van der Waals surface area contributed by atoms with Crippen molar-refractivity contribution in [2.45, 2.75) is 6.92 Å². The number of ether oxygens (including phenoxy) is 3. The maximum Gasteiger partial charge on any atom is 0.344 e. The molecular weight excluding hydrogens is 326 g/mol. The van der Waals surface area contributed by atoms with E-state index in [-0.39, 0.29) is 6.61 Å². The molecule has 6 heteroatoms. The lowest BCUT2D eigenvalue weighted by molar-refractivity contribution is -0.145. The fourth-order valence-corrected chi connectivity index (χ4v) is 3.22. The number of hydrogen-bond donors (Lipinski definition) is 0. The van der Waals surface area contributed by atoms with Crippen molar-refractivity contribution < 1.29 is 19.0 Å². The molecule has 0 atom stereocenters. The predicted molar refractivity (Wildman–Crippen MR) is 93.7 cm³/mol. The number of nitrogens with zero attached hydrogens (tertiary/aromatic N) is 1. The van der Waals surface area contributed by atoms with Crippen LogP contribution in [0.1, 0.15) is 6.92 Å². The third-order valence-corrected chi connectivity index (χ3v) is 4.44. The fraction of sp³-hybridized carbons (Fsp3) is 0.222. The van der Waals surface area contributed by atoms with E-state index in [2.05, 4.69) is 4.98 Å². The van der Waals surface area contributed by atoms with Gasteiger partial charge in [-0.25, -0.2) is 9.78 Å². The highest BCUT2D eigenvalue weighted by Crippen LogP contribution is 2.35. The van der Waals surface area contributed by atoms with Gasteiger partial charge in [0.25, 0.3) is 0 Å². The molecule has 0 fully saturated rings. The summed E-state index contributed by atoms with van der Waals surface area (Å²) in [5.41, 5.74) is 1.91. The number of esters is 1. The minimum absolute atomic E-state index is 0.148. The molecule has 2 aromatic carbocycles. The fourth-order valence-electron chi connectivity index (χ4n) is 2.25. The smallest absolute Gasteiger partial charge is 0.344 e. The molecule has 3 aromatic rings. The second-order valence-corrected chi connectivity index (χ2v) is 5.98. The molecule has 1 aromatic heterocycles. The Morgan fingerprint density at radius 3 is 2.75 bits per heavy atom. The molecule has 0 saturated carbocycles. The highest BCUT2D eigenvalue weighted by atomic mass is 32.1. The van der Waals surface area contributed by atoms with Gasteiger partial charge < -0.3 is 14.2 Å². The Hall–Kier alpha value is -2.60. The van der Waals surface area contributed by atoms with Gasteiger partial charge in [-0.1, -0.05) is 12.1 Å². The van der Waals surface area contributed by atoms with Gasteiger partial charge in [0.05, 0.1) is 23.9 Å². The quantitative estimate of drug-likeness (QED) is 0.635. The van der Waals surface area contributed by atoms with E-state index >= 15 is 0 Å². The minimum Gasteiger partial charge on any atom is -0.493 e. The Morgan fingerprint density at radius 2 is 2.00 bits per heavy atom. The normalized spacial score (nSPS) is 10.6. The van der Waals surface area contributed by atoms with E-state index < -0.39 is 5.97 Å². The summed E-state index contributed by atoms with van der Waals surface area (Å²) in [6, 6.07) is 13.5. The van der Waals surface area contributed by atoms with Gasteiger partial charge in [-0.2, -0.15) is 0 Å². The summed E-state index contributed by atoms with van der Waals surface area (Å²) in [6.45, 7) is 1.94. The van der Waals surface area contributed by atoms with Gasteiger partial charge in [-0.05, 0) is 37.3 Å². The van der Waals surface area contributed by atoms with E-state index in [9.17, 15) is 4.79 Å². The predicted octanol–water partition coefficient (Wildman–Crippen LogP) is 3.91. The number of thiazole rings is 1. The molecule has 5 nitrogen and oxygen atoms in total. The van der Waals surface area contributed by atoms with Crippen molar-refractivity contribution in [3.05, 3.63) is 42.5 Å². The van der Waals surface area contributed by atoms with Crippen molar-refractivity contribution in [3.63, 3.8) is 0 Å². The van der Waals surface area contributed by atoms with Crippen LogP contribution in [-0.2, 0) is 9.53 Å². The number of fused-ring (bicyclic) bond motifs is 1. The topological polar surface area (TPSA) is 57.7 Å². The van der Waals surface area contributed by atoms with Crippen LogP contribution < -0.4 is 9.47 Å². The van der Waals surface area contributed by atoms with Crippen LogP contribution in [0, 0.1) is 0 Å². The van der Waals surface area contributed by atoms with Crippen LogP contribution >= 0.6 is 11.3 Å². The second-order valence-electron chi connectivity index (χ2n) is 4.95. The number of rotatable bonds is 6. The largest absolute Gasteiger partial charge is 0.493 e. The zero-order chi connectivity index (χ0) is 16.9. The Bertz CT molecular complexity index is 826. The summed E-state index contributed by atoms with van der Waals surface area (Å²) in [7, 11) is 1.56. The molecule has 0 saturated heterocycles. The first-order valence-electron chi connectivity index (χ1n) is 7.53. The molecule has 0 aliphatic carbocycles. The number of carbonyl (C=O) groups is 1. The average molecular weight is 343 g/mol. The molecule has 0 bridgehead atoms. The lowest BCUT2D eigenvalue weighted by Gasteiger charge is -2.11. The highest BCUT2D eigenvalue weighted by molar-refractivity contribution is 7.21. The molecule has 0 unspecified atom stereocenters. The van der Waals surface area contributed by atoms with Crippen molar-refractivity contribution in [1.29, 1.82) is 0 Å². The molecule has 1 heterocycles. The van der Waals surface area contributed by atoms with Gasteiger partial charge in [-0.3, -0.25) is 0 Å². The Morgan fingerprint density at radius 1 is 1.17 bits per heavy atom. The van der Waals surface area contributed by atoms with E-state index in [0.717, 1.165) is 20.8 Å². The number of methoxy groups -OCH3 is 1. The maximum absolute atomic E-state index is 11.4. The van der Waals surface area contributed by atoms with E-state index in [1.54, 1.807) is 31.4 Å². The maximum atomic E-state index is 11.4. The van der Waals surface area contributed by atoms with E-state index in [1.807, 2.05) is 36.4 Å². The molecule has 24 heavy (non-hydrogen) atoms. The zero-order valence-corrected chi connectivity index (χ0v) is 14.3. The number of carbonyl (C=O) groups excluding carboxylic acids is 1. The number of aromatic nitrogens is 1. The first-order valence-corrected chi connectivity index (χ1v) is 8.35. The summed E-state index contributed by atoms with van der Waals surface area (Å²) in [5.74, 6) is 0.640. The van der Waals surface area contributed by atoms with Gasteiger partial charge in [0, 0.05) is 5.56 Å². The summed E-state index contributed by atoms with van der Waals surface area (Å²) in [5, 5.41) is 0.909. The summed E-state index contributed by atoms with van der Waals surface area (Å²) < 4.78 is 16.8. The molecule has 0 aliphatic heterocycles. The van der Waals surface area contributed by atoms with Gasteiger partial charge >= 0.3 is 5.97 Å². The molecule has 0 aliphatic rings. The Labute approximate surface area is 143 Å². The van der Waals surface area contributed by atoms with Crippen molar-refractivity contribution in [2.75, 3.05) is 20.3 Å². The Kier molecular flexibility index (Phi) is 4.96. The second kappa shape index (κ2) is 7.31. The Balaban J connectivity index is 1.84. The summed E-state index contributed by atoms with van der Waals surface area (Å²) >= 11 is 1.62. The van der Waals surface area contributed by atoms with Crippen LogP contribution in [0.4, 0.5) is 0 Å². The van der Waals surface area contributed by atoms with E-state index in [0.29, 0.717) is 18.1 Å². The monoisotopic (exact) mass is 343 g/mol. The van der Waals surface area contributed by atoms with Crippen LogP contribution in [0.2, 0.25) is 0 Å². The van der Waals surface area contributed by atoms with Crippen LogP contribution in [-0.4, -0.2) is 31.3 Å². The third kappa shape index (κ3) is 3.49. The summed E-state index contributed by atoms with van der Waals surface area (Å²) in [4.78, 5) is 16.0. The highest BCUT2D eigenvalue weighted by Gasteiger charge is 2.12. The first-order chi connectivity index (χ1) is 11.7. The van der Waals surface area contributed by atoms with Crippen LogP contribution in [0.15, 0.2) is 42.5 Å². The minimum atomic E-state index is -0.408. The third-order valence-electron chi connectivity index (χ3n) is 3.36. The van der Waals surface area contributed by atoms with Crippen LogP contribution in [0.5, 0.6) is 11.5 Å². The molecule has 3 rings (SSSR count). The molecule has 0 radical (unpaired) electrons. The van der Waals surface area contributed by atoms with E-state index in [1.165, 1.54) is 0 Å². The van der Waals surface area contributed by atoms with Crippen molar-refractivity contribution in [3.8, 4) is 22.1 Å². The molecule has 0 spiro atoms. The molecule has 124 valence electrons. The SMILES string of the molecule is CCOC(=O)COc1ccc(-c2nc3ccccc3s2)cc1OC. The van der Waals surface area contributed by atoms with Crippen LogP contribution in [0.25, 0.3) is 20.8 Å². The lowest BCUT2D eigenvalue weighted by Crippen LogP contribution is -2.14. The van der Waals surface area contributed by atoms with Crippen molar-refractivity contribution in [1.82, 2.24) is 4.98 Å². The van der Waals surface area contributed by atoms with E-state index in [4.69, 9.17) is 14.2 Å². The number of benzene rings is 2. The molecule has 0 N–H and O–H groups in total. The zero-order valence-electron chi connectivity index (χ0n) is 13.4. The van der Waals surface area contributed by atoms with Crippen LogP contribution in [0.3, 0.4) is 0 Å². The number of para-hydroxylation sites is 1.